The highest BCUT2D eigenvalue weighted by molar-refractivity contribution is 6.07. The Morgan fingerprint density at radius 1 is 0.969 bits per heavy atom. The first kappa shape index (κ1) is 22.6. The molecule has 0 radical (unpaired) electrons. The summed E-state index contributed by atoms with van der Waals surface area (Å²) in [5.74, 6) is 0.441. The zero-order chi connectivity index (χ0) is 22.9. The highest BCUT2D eigenvalue weighted by atomic mass is 16.5. The molecular weight excluding hydrogens is 406 g/mol. The first-order chi connectivity index (χ1) is 15.5. The van der Waals surface area contributed by atoms with Gasteiger partial charge in [-0.1, -0.05) is 42.5 Å². The fourth-order valence-electron chi connectivity index (χ4n) is 2.99. The quantitative estimate of drug-likeness (QED) is 0.367. The molecule has 0 spiro atoms. The molecule has 3 aromatic carbocycles. The van der Waals surface area contributed by atoms with Gasteiger partial charge in [-0.05, 0) is 61.4 Å². The third kappa shape index (κ3) is 6.22. The maximum atomic E-state index is 12.3. The van der Waals surface area contributed by atoms with Crippen molar-refractivity contribution in [3.8, 4) is 17.2 Å². The second-order valence-corrected chi connectivity index (χ2v) is 7.04. The Hall–Kier alpha value is -4.06. The molecule has 0 aliphatic carbocycles. The molecule has 0 atom stereocenters. The number of para-hydroxylation sites is 1. The molecule has 0 saturated heterocycles. The molecule has 3 aromatic rings. The normalized spacial score (nSPS) is 10.7. The zero-order valence-corrected chi connectivity index (χ0v) is 18.0. The van der Waals surface area contributed by atoms with Crippen LogP contribution in [0, 0.1) is 6.92 Å². The smallest absolute Gasteiger partial charge is 0.262 e. The fraction of sp³-hybridized carbons (Fsp3) is 0.154. The van der Waals surface area contributed by atoms with Crippen molar-refractivity contribution in [1.82, 2.24) is 0 Å². The van der Waals surface area contributed by atoms with Gasteiger partial charge in [0.05, 0.1) is 6.61 Å². The summed E-state index contributed by atoms with van der Waals surface area (Å²) in [4.78, 5) is 24.6. The number of phenols is 1. The molecule has 0 aliphatic rings. The van der Waals surface area contributed by atoms with Gasteiger partial charge in [0.2, 0.25) is 0 Å². The van der Waals surface area contributed by atoms with E-state index in [1.165, 1.54) is 18.2 Å². The summed E-state index contributed by atoms with van der Waals surface area (Å²) < 4.78 is 11.3. The summed E-state index contributed by atoms with van der Waals surface area (Å²) in [5, 5.41) is 12.3. The Kier molecular flexibility index (Phi) is 7.65. The number of rotatable bonds is 9. The molecule has 2 N–H and O–H groups in total. The predicted molar refractivity (Wildman–Crippen MR) is 124 cm³/mol. The van der Waals surface area contributed by atoms with Crippen molar-refractivity contribution < 1.29 is 24.2 Å². The Labute approximate surface area is 187 Å². The van der Waals surface area contributed by atoms with Crippen LogP contribution in [0.2, 0.25) is 0 Å². The number of hydrogen-bond acceptors (Lipinski definition) is 5. The number of aromatic hydroxyl groups is 1. The molecule has 0 aromatic heterocycles. The van der Waals surface area contributed by atoms with Crippen LogP contribution in [0.3, 0.4) is 0 Å². The monoisotopic (exact) mass is 431 g/mol. The number of nitrogens with one attached hydrogen (secondary N) is 1. The van der Waals surface area contributed by atoms with Crippen LogP contribution >= 0.6 is 0 Å². The highest BCUT2D eigenvalue weighted by Crippen LogP contribution is 2.29. The van der Waals surface area contributed by atoms with Gasteiger partial charge < -0.3 is 19.9 Å². The van der Waals surface area contributed by atoms with E-state index < -0.39 is 0 Å². The Bertz CT molecular complexity index is 1140. The van der Waals surface area contributed by atoms with Gasteiger partial charge in [0.15, 0.2) is 23.9 Å². The first-order valence-corrected chi connectivity index (χ1v) is 10.2. The van der Waals surface area contributed by atoms with Gasteiger partial charge in [-0.2, -0.15) is 0 Å². The molecule has 0 unspecified atom stereocenters. The largest absolute Gasteiger partial charge is 0.508 e. The number of benzene rings is 3. The van der Waals surface area contributed by atoms with Gasteiger partial charge in [-0.25, -0.2) is 0 Å². The molecule has 32 heavy (non-hydrogen) atoms. The van der Waals surface area contributed by atoms with Crippen LogP contribution in [0.4, 0.5) is 5.69 Å². The highest BCUT2D eigenvalue weighted by Gasteiger charge is 2.10. The summed E-state index contributed by atoms with van der Waals surface area (Å²) in [7, 11) is 0. The number of hydrogen-bond donors (Lipinski definition) is 2. The SMILES string of the molecule is CCOc1cc(/C=C/C(=O)c2cccc(O)c2)ccc1OCC(=O)Nc1ccccc1C. The molecule has 6 heteroatoms. The van der Waals surface area contributed by atoms with Crippen LogP contribution < -0.4 is 14.8 Å². The lowest BCUT2D eigenvalue weighted by molar-refractivity contribution is -0.118. The number of ketones is 1. The average molecular weight is 431 g/mol. The van der Waals surface area contributed by atoms with Crippen molar-refractivity contribution in [2.45, 2.75) is 13.8 Å². The van der Waals surface area contributed by atoms with E-state index in [-0.39, 0.29) is 24.0 Å². The topological polar surface area (TPSA) is 84.9 Å². The van der Waals surface area contributed by atoms with Crippen LogP contribution in [0.5, 0.6) is 17.2 Å². The van der Waals surface area contributed by atoms with Crippen molar-refractivity contribution in [3.63, 3.8) is 0 Å². The van der Waals surface area contributed by atoms with Gasteiger partial charge >= 0.3 is 0 Å². The molecule has 3 rings (SSSR count). The van der Waals surface area contributed by atoms with E-state index in [0.29, 0.717) is 23.7 Å². The first-order valence-electron chi connectivity index (χ1n) is 10.2. The van der Waals surface area contributed by atoms with Crippen LogP contribution in [0.25, 0.3) is 6.08 Å². The fourth-order valence-corrected chi connectivity index (χ4v) is 2.99. The second-order valence-electron chi connectivity index (χ2n) is 7.04. The van der Waals surface area contributed by atoms with Gasteiger partial charge in [0.25, 0.3) is 5.91 Å². The number of carbonyl (C=O) groups is 2. The van der Waals surface area contributed by atoms with Gasteiger partial charge in [-0.15, -0.1) is 0 Å². The van der Waals surface area contributed by atoms with Gasteiger partial charge in [0, 0.05) is 11.3 Å². The number of ether oxygens (including phenoxy) is 2. The summed E-state index contributed by atoms with van der Waals surface area (Å²) in [6, 6.07) is 18.9. The van der Waals surface area contributed by atoms with Crippen molar-refractivity contribution in [1.29, 1.82) is 0 Å². The summed E-state index contributed by atoms with van der Waals surface area (Å²) in [6.45, 7) is 4.02. The molecule has 164 valence electrons. The molecular formula is C26H25NO5. The van der Waals surface area contributed by atoms with Crippen LogP contribution in [0.15, 0.2) is 72.8 Å². The number of aryl methyl sites for hydroxylation is 1. The van der Waals surface area contributed by atoms with Crippen LogP contribution in [0.1, 0.15) is 28.4 Å². The van der Waals surface area contributed by atoms with E-state index in [9.17, 15) is 14.7 Å². The maximum absolute atomic E-state index is 12.3. The number of anilines is 1. The minimum absolute atomic E-state index is 0.0378. The van der Waals surface area contributed by atoms with Crippen molar-refractivity contribution in [2.24, 2.45) is 0 Å². The lowest BCUT2D eigenvalue weighted by Crippen LogP contribution is -2.20. The van der Waals surface area contributed by atoms with Gasteiger partial charge in [-0.3, -0.25) is 9.59 Å². The minimum Gasteiger partial charge on any atom is -0.508 e. The lowest BCUT2D eigenvalue weighted by atomic mass is 10.1. The Balaban J connectivity index is 1.66. The minimum atomic E-state index is -0.276. The van der Waals surface area contributed by atoms with E-state index >= 15 is 0 Å². The van der Waals surface area contributed by atoms with Crippen molar-refractivity contribution in [2.75, 3.05) is 18.5 Å². The molecule has 1 amide bonds. The van der Waals surface area contributed by atoms with E-state index in [2.05, 4.69) is 5.32 Å². The predicted octanol–water partition coefficient (Wildman–Crippen LogP) is 5.01. The van der Waals surface area contributed by atoms with Crippen LogP contribution in [-0.4, -0.2) is 30.0 Å². The molecule has 0 bridgehead atoms. The second kappa shape index (κ2) is 10.8. The summed E-state index contributed by atoms with van der Waals surface area (Å²) >= 11 is 0. The zero-order valence-electron chi connectivity index (χ0n) is 18.0. The van der Waals surface area contributed by atoms with Crippen LogP contribution in [-0.2, 0) is 4.79 Å². The lowest BCUT2D eigenvalue weighted by Gasteiger charge is -2.13. The van der Waals surface area contributed by atoms with E-state index in [1.807, 2.05) is 38.1 Å². The van der Waals surface area contributed by atoms with Crippen molar-refractivity contribution >= 4 is 23.5 Å². The number of phenolic OH excluding ortho intramolecular Hbond substituents is 1. The Morgan fingerprint density at radius 2 is 1.78 bits per heavy atom. The number of amides is 1. The third-order valence-corrected chi connectivity index (χ3v) is 4.60. The maximum Gasteiger partial charge on any atom is 0.262 e. The number of carbonyl (C=O) groups excluding carboxylic acids is 2. The molecule has 6 nitrogen and oxygen atoms in total. The third-order valence-electron chi connectivity index (χ3n) is 4.60. The summed E-state index contributed by atoms with van der Waals surface area (Å²) in [5.41, 5.74) is 2.83. The van der Waals surface area contributed by atoms with Gasteiger partial charge in [0.1, 0.15) is 5.75 Å². The Morgan fingerprint density at radius 3 is 2.53 bits per heavy atom. The molecule has 0 fully saturated rings. The standard InChI is InChI=1S/C26H25NO5/c1-3-31-25-15-19(11-13-23(29)20-8-6-9-21(28)16-20)12-14-24(25)32-17-26(30)27-22-10-5-4-7-18(22)2/h4-16,28H,3,17H2,1-2H3,(H,27,30)/b13-11+. The van der Waals surface area contributed by atoms with E-state index in [4.69, 9.17) is 9.47 Å². The van der Waals surface area contributed by atoms with Crippen molar-refractivity contribution in [3.05, 3.63) is 89.5 Å². The average Bonchev–Trinajstić information content (AvgIpc) is 2.78. The molecule has 0 aliphatic heterocycles. The molecule has 0 heterocycles. The molecule has 0 saturated carbocycles. The number of allylic oxidation sites excluding steroid dienone is 1. The van der Waals surface area contributed by atoms with E-state index in [0.717, 1.165) is 16.8 Å². The van der Waals surface area contributed by atoms with E-state index in [1.54, 1.807) is 36.4 Å². The summed E-state index contributed by atoms with van der Waals surface area (Å²) in [6.07, 6.45) is 3.08.